The van der Waals surface area contributed by atoms with E-state index < -0.39 is 5.97 Å². The van der Waals surface area contributed by atoms with Crippen LogP contribution in [0.25, 0.3) is 0 Å². The van der Waals surface area contributed by atoms with Crippen LogP contribution in [0.2, 0.25) is 0 Å². The number of phenols is 1. The van der Waals surface area contributed by atoms with Gasteiger partial charge in [0.25, 0.3) is 0 Å². The standard InChI is InChI=1S/C22H22O3/c1-22(2)12-4-7-17-10-8-15(13-19(17)22)5-3-6-16-9-11-18(21(24)25)20(23)14-16/h8-11,13-14,23H,4-5,7,12H2,1-2H3,(H,24,25). The molecule has 2 aromatic rings. The smallest absolute Gasteiger partial charge is 0.339 e. The number of fused-ring (bicyclic) bond motifs is 1. The van der Waals surface area contributed by atoms with Crippen LogP contribution in [0, 0.1) is 11.8 Å². The highest BCUT2D eigenvalue weighted by Crippen LogP contribution is 2.37. The van der Waals surface area contributed by atoms with E-state index in [1.165, 1.54) is 41.7 Å². The van der Waals surface area contributed by atoms with E-state index in [0.29, 0.717) is 12.0 Å². The Morgan fingerprint density at radius 1 is 1.20 bits per heavy atom. The molecule has 25 heavy (non-hydrogen) atoms. The molecule has 3 rings (SSSR count). The van der Waals surface area contributed by atoms with Crippen molar-refractivity contribution in [3.63, 3.8) is 0 Å². The van der Waals surface area contributed by atoms with Crippen LogP contribution in [0.15, 0.2) is 36.4 Å². The van der Waals surface area contributed by atoms with E-state index in [1.54, 1.807) is 6.07 Å². The third-order valence-corrected chi connectivity index (χ3v) is 4.90. The molecule has 0 fully saturated rings. The Bertz CT molecular complexity index is 882. The summed E-state index contributed by atoms with van der Waals surface area (Å²) in [6.45, 7) is 4.60. The fourth-order valence-corrected chi connectivity index (χ4v) is 3.48. The Labute approximate surface area is 148 Å². The van der Waals surface area contributed by atoms with Crippen molar-refractivity contribution in [3.05, 3.63) is 64.2 Å². The minimum Gasteiger partial charge on any atom is -0.507 e. The lowest BCUT2D eigenvalue weighted by molar-refractivity contribution is 0.0693. The second-order valence-corrected chi connectivity index (χ2v) is 7.24. The van der Waals surface area contributed by atoms with E-state index in [0.717, 1.165) is 6.42 Å². The molecule has 0 heterocycles. The predicted octanol–water partition coefficient (Wildman–Crippen LogP) is 4.30. The SMILES string of the molecule is CC1(C)CCCc2ccc(CC#Cc3ccc(C(=O)O)c(O)c3)cc21. The van der Waals surface area contributed by atoms with Crippen LogP contribution in [0.4, 0.5) is 0 Å². The first-order chi connectivity index (χ1) is 11.9. The summed E-state index contributed by atoms with van der Waals surface area (Å²) in [4.78, 5) is 10.9. The monoisotopic (exact) mass is 334 g/mol. The van der Waals surface area contributed by atoms with Crippen molar-refractivity contribution in [2.45, 2.75) is 44.9 Å². The summed E-state index contributed by atoms with van der Waals surface area (Å²) < 4.78 is 0. The number of benzene rings is 2. The quantitative estimate of drug-likeness (QED) is 0.805. The first-order valence-electron chi connectivity index (χ1n) is 8.54. The largest absolute Gasteiger partial charge is 0.507 e. The Kier molecular flexibility index (Phi) is 4.55. The molecule has 0 spiro atoms. The first kappa shape index (κ1) is 17.1. The molecule has 2 aromatic carbocycles. The molecule has 0 radical (unpaired) electrons. The molecule has 3 heteroatoms. The maximum absolute atomic E-state index is 10.9. The maximum atomic E-state index is 10.9. The second-order valence-electron chi connectivity index (χ2n) is 7.24. The van der Waals surface area contributed by atoms with Crippen LogP contribution < -0.4 is 0 Å². The van der Waals surface area contributed by atoms with Crippen LogP contribution >= 0.6 is 0 Å². The van der Waals surface area contributed by atoms with Crippen LogP contribution in [0.5, 0.6) is 5.75 Å². The first-order valence-corrected chi connectivity index (χ1v) is 8.54. The number of hydrogen-bond acceptors (Lipinski definition) is 2. The minimum absolute atomic E-state index is 0.109. The van der Waals surface area contributed by atoms with E-state index in [-0.39, 0.29) is 16.7 Å². The number of carbonyl (C=O) groups is 1. The zero-order chi connectivity index (χ0) is 18.0. The van der Waals surface area contributed by atoms with E-state index in [4.69, 9.17) is 5.11 Å². The van der Waals surface area contributed by atoms with Gasteiger partial charge in [0.15, 0.2) is 0 Å². The second kappa shape index (κ2) is 6.64. The van der Waals surface area contributed by atoms with Crippen LogP contribution in [-0.4, -0.2) is 16.2 Å². The summed E-state index contributed by atoms with van der Waals surface area (Å²) in [6, 6.07) is 11.0. The summed E-state index contributed by atoms with van der Waals surface area (Å²) in [7, 11) is 0. The molecule has 0 atom stereocenters. The van der Waals surface area contributed by atoms with Gasteiger partial charge in [-0.3, -0.25) is 0 Å². The highest BCUT2D eigenvalue weighted by Gasteiger charge is 2.27. The van der Waals surface area contributed by atoms with Gasteiger partial charge >= 0.3 is 5.97 Å². The Balaban J connectivity index is 1.78. The number of hydrogen-bond donors (Lipinski definition) is 2. The number of carboxylic acids is 1. The van der Waals surface area contributed by atoms with Crippen LogP contribution in [0.3, 0.4) is 0 Å². The number of carboxylic acid groups (broad SMARTS) is 1. The zero-order valence-electron chi connectivity index (χ0n) is 14.6. The highest BCUT2D eigenvalue weighted by atomic mass is 16.4. The average molecular weight is 334 g/mol. The molecular formula is C22H22O3. The normalized spacial score (nSPS) is 15.0. The molecule has 1 aliphatic rings. The Hall–Kier alpha value is -2.73. The number of aromatic carboxylic acids is 1. The minimum atomic E-state index is -1.14. The van der Waals surface area contributed by atoms with Gasteiger partial charge in [0.1, 0.15) is 11.3 Å². The Morgan fingerprint density at radius 3 is 2.72 bits per heavy atom. The molecule has 0 unspecified atom stereocenters. The molecular weight excluding hydrogens is 312 g/mol. The number of rotatable bonds is 2. The average Bonchev–Trinajstić information content (AvgIpc) is 2.55. The molecule has 2 N–H and O–H groups in total. The van der Waals surface area contributed by atoms with Gasteiger partial charge in [0.05, 0.1) is 0 Å². The third-order valence-electron chi connectivity index (χ3n) is 4.90. The summed E-state index contributed by atoms with van der Waals surface area (Å²) >= 11 is 0. The Morgan fingerprint density at radius 2 is 2.00 bits per heavy atom. The number of aryl methyl sites for hydroxylation is 1. The molecule has 128 valence electrons. The predicted molar refractivity (Wildman–Crippen MR) is 98.1 cm³/mol. The van der Waals surface area contributed by atoms with Gasteiger partial charge in [-0.1, -0.05) is 43.9 Å². The number of aromatic hydroxyl groups is 1. The molecule has 0 bridgehead atoms. The van der Waals surface area contributed by atoms with Gasteiger partial charge in [-0.2, -0.15) is 0 Å². The van der Waals surface area contributed by atoms with Crippen molar-refractivity contribution in [1.82, 2.24) is 0 Å². The lowest BCUT2D eigenvalue weighted by Crippen LogP contribution is -2.23. The topological polar surface area (TPSA) is 57.5 Å². The van der Waals surface area contributed by atoms with E-state index in [9.17, 15) is 9.90 Å². The van der Waals surface area contributed by atoms with Gasteiger partial charge < -0.3 is 10.2 Å². The van der Waals surface area contributed by atoms with Crippen molar-refractivity contribution in [3.8, 4) is 17.6 Å². The van der Waals surface area contributed by atoms with E-state index >= 15 is 0 Å². The molecule has 0 aromatic heterocycles. The fourth-order valence-electron chi connectivity index (χ4n) is 3.48. The summed E-state index contributed by atoms with van der Waals surface area (Å²) in [5.41, 5.74) is 4.79. The van der Waals surface area contributed by atoms with Gasteiger partial charge in [-0.05, 0) is 59.6 Å². The highest BCUT2D eigenvalue weighted by molar-refractivity contribution is 5.90. The van der Waals surface area contributed by atoms with E-state index in [2.05, 4.69) is 43.9 Å². The van der Waals surface area contributed by atoms with Crippen LogP contribution in [-0.2, 0) is 18.3 Å². The van der Waals surface area contributed by atoms with E-state index in [1.807, 2.05) is 0 Å². The van der Waals surface area contributed by atoms with Crippen molar-refractivity contribution in [2.75, 3.05) is 0 Å². The fraction of sp³-hybridized carbons (Fsp3) is 0.318. The summed E-state index contributed by atoms with van der Waals surface area (Å²) in [5, 5.41) is 18.6. The van der Waals surface area contributed by atoms with Crippen molar-refractivity contribution < 1.29 is 15.0 Å². The molecule has 0 saturated heterocycles. The van der Waals surface area contributed by atoms with Gasteiger partial charge in [0, 0.05) is 12.0 Å². The molecule has 3 nitrogen and oxygen atoms in total. The maximum Gasteiger partial charge on any atom is 0.339 e. The van der Waals surface area contributed by atoms with Gasteiger partial charge in [-0.15, -0.1) is 0 Å². The van der Waals surface area contributed by atoms with Gasteiger partial charge in [-0.25, -0.2) is 4.79 Å². The lowest BCUT2D eigenvalue weighted by Gasteiger charge is -2.32. The van der Waals surface area contributed by atoms with Gasteiger partial charge in [0.2, 0.25) is 0 Å². The van der Waals surface area contributed by atoms with Crippen molar-refractivity contribution >= 4 is 5.97 Å². The summed E-state index contributed by atoms with van der Waals surface area (Å²) in [6.07, 6.45) is 4.24. The third kappa shape index (κ3) is 3.69. The molecule has 1 aliphatic carbocycles. The molecule has 0 amide bonds. The molecule has 0 saturated carbocycles. The van der Waals surface area contributed by atoms with Crippen molar-refractivity contribution in [2.24, 2.45) is 0 Å². The molecule has 0 aliphatic heterocycles. The van der Waals surface area contributed by atoms with Crippen molar-refractivity contribution in [1.29, 1.82) is 0 Å². The summed E-state index contributed by atoms with van der Waals surface area (Å²) in [5.74, 6) is 4.72. The zero-order valence-corrected chi connectivity index (χ0v) is 14.6. The lowest BCUT2D eigenvalue weighted by atomic mass is 9.72. The van der Waals surface area contributed by atoms with Crippen LogP contribution in [0.1, 0.15) is 59.3 Å².